The third-order valence-electron chi connectivity index (χ3n) is 0.965. The Morgan fingerprint density at radius 1 is 1.89 bits per heavy atom. The zero-order valence-electron chi connectivity index (χ0n) is 5.22. The first-order valence-corrected chi connectivity index (χ1v) is 2.83. The lowest BCUT2D eigenvalue weighted by atomic mass is 10.5. The highest BCUT2D eigenvalue weighted by molar-refractivity contribution is 5.84. The van der Waals surface area contributed by atoms with Gasteiger partial charge in [-0.1, -0.05) is 0 Å². The molecular formula is C6H8O3. The fourth-order valence-corrected chi connectivity index (χ4v) is 0.626. The summed E-state index contributed by atoms with van der Waals surface area (Å²) < 4.78 is 9.55. The first-order chi connectivity index (χ1) is 4.33. The molecule has 50 valence electrons. The van der Waals surface area contributed by atoms with Gasteiger partial charge < -0.3 is 9.47 Å². The Hall–Kier alpha value is -0.990. The topological polar surface area (TPSA) is 35.5 Å². The van der Waals surface area contributed by atoms with Crippen molar-refractivity contribution in [2.45, 2.75) is 6.92 Å². The molecule has 0 fully saturated rings. The van der Waals surface area contributed by atoms with Gasteiger partial charge in [-0.2, -0.15) is 0 Å². The third kappa shape index (κ3) is 1.45. The number of cyclic esters (lactones) is 1. The quantitative estimate of drug-likeness (QED) is 0.507. The molecule has 0 aromatic rings. The van der Waals surface area contributed by atoms with Crippen LogP contribution in [0.3, 0.4) is 0 Å². The van der Waals surface area contributed by atoms with E-state index in [1.54, 1.807) is 0 Å². The zero-order valence-corrected chi connectivity index (χ0v) is 5.22. The van der Waals surface area contributed by atoms with Crippen molar-refractivity contribution in [3.63, 3.8) is 0 Å². The van der Waals surface area contributed by atoms with E-state index >= 15 is 0 Å². The minimum atomic E-state index is -0.307. The van der Waals surface area contributed by atoms with Gasteiger partial charge in [-0.15, -0.1) is 0 Å². The SMILES string of the molecule is CCOC1=CC(=O)OC1. The normalized spacial score (nSPS) is 17.0. The number of rotatable bonds is 2. The molecular weight excluding hydrogens is 120 g/mol. The first-order valence-electron chi connectivity index (χ1n) is 2.83. The molecule has 3 nitrogen and oxygen atoms in total. The fraction of sp³-hybridized carbons (Fsp3) is 0.500. The maximum atomic E-state index is 10.3. The lowest BCUT2D eigenvalue weighted by Gasteiger charge is -1.98. The molecule has 0 N–H and O–H groups in total. The molecule has 0 aromatic heterocycles. The van der Waals surface area contributed by atoms with Crippen molar-refractivity contribution in [1.82, 2.24) is 0 Å². The van der Waals surface area contributed by atoms with Crippen LogP contribution in [0, 0.1) is 0 Å². The van der Waals surface area contributed by atoms with Crippen LogP contribution < -0.4 is 0 Å². The molecule has 0 unspecified atom stereocenters. The monoisotopic (exact) mass is 128 g/mol. The number of carbonyl (C=O) groups excluding carboxylic acids is 1. The maximum Gasteiger partial charge on any atom is 0.334 e. The number of ether oxygens (including phenoxy) is 2. The van der Waals surface area contributed by atoms with Gasteiger partial charge in [-0.05, 0) is 6.92 Å². The number of esters is 1. The highest BCUT2D eigenvalue weighted by Crippen LogP contribution is 2.05. The van der Waals surface area contributed by atoms with E-state index in [1.165, 1.54) is 6.08 Å². The Morgan fingerprint density at radius 3 is 3.11 bits per heavy atom. The van der Waals surface area contributed by atoms with Crippen LogP contribution in [0.5, 0.6) is 0 Å². The molecule has 0 aromatic carbocycles. The first kappa shape index (κ1) is 6.13. The van der Waals surface area contributed by atoms with Crippen molar-refractivity contribution < 1.29 is 14.3 Å². The van der Waals surface area contributed by atoms with Crippen LogP contribution in [0.2, 0.25) is 0 Å². The van der Waals surface area contributed by atoms with E-state index in [4.69, 9.17) is 4.74 Å². The average molecular weight is 128 g/mol. The van der Waals surface area contributed by atoms with Crippen molar-refractivity contribution in [2.24, 2.45) is 0 Å². The van der Waals surface area contributed by atoms with Gasteiger partial charge in [0.25, 0.3) is 0 Å². The number of hydrogen-bond acceptors (Lipinski definition) is 3. The molecule has 0 spiro atoms. The summed E-state index contributed by atoms with van der Waals surface area (Å²) >= 11 is 0. The number of hydrogen-bond donors (Lipinski definition) is 0. The van der Waals surface area contributed by atoms with Gasteiger partial charge in [0.1, 0.15) is 12.4 Å². The molecule has 0 atom stereocenters. The largest absolute Gasteiger partial charge is 0.494 e. The zero-order chi connectivity index (χ0) is 6.69. The second-order valence-electron chi connectivity index (χ2n) is 1.65. The summed E-state index contributed by atoms with van der Waals surface area (Å²) in [6.07, 6.45) is 1.36. The van der Waals surface area contributed by atoms with E-state index in [9.17, 15) is 4.79 Å². The minimum absolute atomic E-state index is 0.298. The third-order valence-corrected chi connectivity index (χ3v) is 0.965. The molecule has 0 bridgehead atoms. The van der Waals surface area contributed by atoms with Gasteiger partial charge in [0.2, 0.25) is 0 Å². The van der Waals surface area contributed by atoms with Gasteiger partial charge in [0, 0.05) is 0 Å². The molecule has 1 heterocycles. The van der Waals surface area contributed by atoms with Gasteiger partial charge in [-0.25, -0.2) is 4.79 Å². The molecule has 1 rings (SSSR count). The molecule has 0 saturated heterocycles. The van der Waals surface area contributed by atoms with E-state index in [-0.39, 0.29) is 5.97 Å². The van der Waals surface area contributed by atoms with E-state index in [2.05, 4.69) is 4.74 Å². The van der Waals surface area contributed by atoms with E-state index in [0.717, 1.165) is 0 Å². The molecule has 0 aliphatic carbocycles. The van der Waals surface area contributed by atoms with Crippen LogP contribution in [0.25, 0.3) is 0 Å². The summed E-state index contributed by atoms with van der Waals surface area (Å²) in [5.74, 6) is 0.320. The van der Waals surface area contributed by atoms with Gasteiger partial charge in [-0.3, -0.25) is 0 Å². The predicted molar refractivity (Wildman–Crippen MR) is 30.7 cm³/mol. The minimum Gasteiger partial charge on any atom is -0.494 e. The Balaban J connectivity index is 2.42. The van der Waals surface area contributed by atoms with E-state index < -0.39 is 0 Å². The molecule has 3 heteroatoms. The van der Waals surface area contributed by atoms with Crippen molar-refractivity contribution >= 4 is 5.97 Å². The second-order valence-corrected chi connectivity index (χ2v) is 1.65. The van der Waals surface area contributed by atoms with Crippen LogP contribution in [-0.4, -0.2) is 19.2 Å². The summed E-state index contributed by atoms with van der Waals surface area (Å²) in [5.41, 5.74) is 0. The van der Waals surface area contributed by atoms with Crippen molar-refractivity contribution in [3.8, 4) is 0 Å². The van der Waals surface area contributed by atoms with Gasteiger partial charge in [0.15, 0.2) is 0 Å². The Labute approximate surface area is 53.3 Å². The van der Waals surface area contributed by atoms with Crippen LogP contribution in [0.1, 0.15) is 6.92 Å². The second kappa shape index (κ2) is 2.53. The van der Waals surface area contributed by atoms with Crippen molar-refractivity contribution in [2.75, 3.05) is 13.2 Å². The molecule has 0 radical (unpaired) electrons. The fourth-order valence-electron chi connectivity index (χ4n) is 0.626. The smallest absolute Gasteiger partial charge is 0.334 e. The van der Waals surface area contributed by atoms with Gasteiger partial charge in [0.05, 0.1) is 12.7 Å². The van der Waals surface area contributed by atoms with Crippen LogP contribution in [0.15, 0.2) is 11.8 Å². The predicted octanol–water partition coefficient (Wildman–Crippen LogP) is 0.464. The van der Waals surface area contributed by atoms with Crippen molar-refractivity contribution in [1.29, 1.82) is 0 Å². The molecule has 9 heavy (non-hydrogen) atoms. The summed E-state index contributed by atoms with van der Waals surface area (Å²) in [7, 11) is 0. The van der Waals surface area contributed by atoms with Crippen LogP contribution in [0.4, 0.5) is 0 Å². The van der Waals surface area contributed by atoms with Crippen LogP contribution in [-0.2, 0) is 14.3 Å². The molecule has 0 amide bonds. The molecule has 1 aliphatic heterocycles. The average Bonchev–Trinajstić information content (AvgIpc) is 2.17. The highest BCUT2D eigenvalue weighted by atomic mass is 16.6. The lowest BCUT2D eigenvalue weighted by molar-refractivity contribution is -0.135. The standard InChI is InChI=1S/C6H8O3/c1-2-8-5-3-6(7)9-4-5/h3H,2,4H2,1H3. The summed E-state index contributed by atoms with van der Waals surface area (Å²) in [4.78, 5) is 10.3. The number of carbonyl (C=O) groups is 1. The Morgan fingerprint density at radius 2 is 2.67 bits per heavy atom. The Bertz CT molecular complexity index is 148. The van der Waals surface area contributed by atoms with Crippen molar-refractivity contribution in [3.05, 3.63) is 11.8 Å². The lowest BCUT2D eigenvalue weighted by Crippen LogP contribution is -1.94. The van der Waals surface area contributed by atoms with E-state index in [0.29, 0.717) is 19.0 Å². The molecule has 0 saturated carbocycles. The van der Waals surface area contributed by atoms with Crippen LogP contribution >= 0.6 is 0 Å². The maximum absolute atomic E-state index is 10.3. The summed E-state index contributed by atoms with van der Waals surface area (Å²) in [6.45, 7) is 2.75. The summed E-state index contributed by atoms with van der Waals surface area (Å²) in [6, 6.07) is 0. The van der Waals surface area contributed by atoms with E-state index in [1.807, 2.05) is 6.92 Å². The summed E-state index contributed by atoms with van der Waals surface area (Å²) in [5, 5.41) is 0. The molecule has 1 aliphatic rings. The van der Waals surface area contributed by atoms with Gasteiger partial charge >= 0.3 is 5.97 Å². The highest BCUT2D eigenvalue weighted by Gasteiger charge is 2.12. The Kier molecular flexibility index (Phi) is 1.72.